The molecule has 0 aliphatic carbocycles. The van der Waals surface area contributed by atoms with E-state index in [-0.39, 0.29) is 12.1 Å². The quantitative estimate of drug-likeness (QED) is 0.837. The van der Waals surface area contributed by atoms with Crippen molar-refractivity contribution in [2.45, 2.75) is 45.3 Å². The maximum Gasteiger partial charge on any atom is 0.410 e. The highest BCUT2D eigenvalue weighted by atomic mass is 35.5. The highest BCUT2D eigenvalue weighted by Gasteiger charge is 2.27. The molecule has 0 spiro atoms. The fraction of sp³-hybridized carbons (Fsp3) is 0.562. The number of piperidine rings is 1. The lowest BCUT2D eigenvalue weighted by molar-refractivity contribution is 0.0206. The van der Waals surface area contributed by atoms with Crippen molar-refractivity contribution in [2.24, 2.45) is 0 Å². The summed E-state index contributed by atoms with van der Waals surface area (Å²) < 4.78 is 5.43. The molecule has 0 saturated carbocycles. The summed E-state index contributed by atoms with van der Waals surface area (Å²) in [4.78, 5) is 13.9. The van der Waals surface area contributed by atoms with Crippen molar-refractivity contribution < 1.29 is 9.53 Å². The van der Waals surface area contributed by atoms with Gasteiger partial charge in [0.05, 0.1) is 10.0 Å². The van der Waals surface area contributed by atoms with Crippen LogP contribution in [0.5, 0.6) is 0 Å². The average molecular weight is 345 g/mol. The van der Waals surface area contributed by atoms with E-state index in [2.05, 4.69) is 5.32 Å². The lowest BCUT2D eigenvalue weighted by atomic mass is 10.1. The Morgan fingerprint density at radius 2 is 2.05 bits per heavy atom. The number of hydrogen-bond acceptors (Lipinski definition) is 3. The molecule has 1 aliphatic rings. The van der Waals surface area contributed by atoms with Crippen molar-refractivity contribution in [3.63, 3.8) is 0 Å². The van der Waals surface area contributed by atoms with Crippen LogP contribution in [0.3, 0.4) is 0 Å². The largest absolute Gasteiger partial charge is 0.444 e. The first-order valence-corrected chi connectivity index (χ1v) is 8.20. The highest BCUT2D eigenvalue weighted by molar-refractivity contribution is 6.42. The van der Waals surface area contributed by atoms with Crippen LogP contribution in [0.2, 0.25) is 10.0 Å². The summed E-state index contributed by atoms with van der Waals surface area (Å²) in [6.45, 7) is 6.98. The Kier molecular flexibility index (Phi) is 5.45. The maximum absolute atomic E-state index is 12.1. The van der Waals surface area contributed by atoms with Gasteiger partial charge in [0.25, 0.3) is 0 Å². The van der Waals surface area contributed by atoms with Gasteiger partial charge in [0.15, 0.2) is 0 Å². The van der Waals surface area contributed by atoms with Gasteiger partial charge in [-0.1, -0.05) is 23.2 Å². The van der Waals surface area contributed by atoms with E-state index in [1.165, 1.54) is 0 Å². The normalized spacial score (nSPS) is 19.0. The van der Waals surface area contributed by atoms with Gasteiger partial charge in [0, 0.05) is 24.8 Å². The molecule has 1 unspecified atom stereocenters. The van der Waals surface area contributed by atoms with Gasteiger partial charge in [-0.05, 0) is 51.8 Å². The first kappa shape index (κ1) is 17.2. The Morgan fingerprint density at radius 1 is 1.32 bits per heavy atom. The molecule has 1 aromatic carbocycles. The second-order valence-electron chi connectivity index (χ2n) is 6.54. The van der Waals surface area contributed by atoms with Gasteiger partial charge in [-0.3, -0.25) is 0 Å². The molecule has 1 fully saturated rings. The third kappa shape index (κ3) is 4.96. The monoisotopic (exact) mass is 344 g/mol. The van der Waals surface area contributed by atoms with E-state index in [4.69, 9.17) is 27.9 Å². The standard InChI is InChI=1S/C16H22Cl2N2O2/c1-16(2,3)22-15(21)20-8-4-5-12(10-20)19-11-6-7-13(17)14(18)9-11/h6-7,9,12,19H,4-5,8,10H2,1-3H3. The van der Waals surface area contributed by atoms with Gasteiger partial charge < -0.3 is 15.0 Å². The Hall–Kier alpha value is -1.13. The Balaban J connectivity index is 1.95. The van der Waals surface area contributed by atoms with Crippen LogP contribution in [0, 0.1) is 0 Å². The zero-order valence-corrected chi connectivity index (χ0v) is 14.7. The molecule has 1 saturated heterocycles. The summed E-state index contributed by atoms with van der Waals surface area (Å²) in [5, 5.41) is 4.46. The second kappa shape index (κ2) is 6.97. The number of nitrogens with zero attached hydrogens (tertiary/aromatic N) is 1. The SMILES string of the molecule is CC(C)(C)OC(=O)N1CCCC(Nc2ccc(Cl)c(Cl)c2)C1. The molecule has 1 aromatic rings. The van der Waals surface area contributed by atoms with Crippen LogP contribution < -0.4 is 5.32 Å². The molecule has 1 amide bonds. The molecule has 6 heteroatoms. The molecule has 0 radical (unpaired) electrons. The Bertz CT molecular complexity index is 543. The van der Waals surface area contributed by atoms with Crippen molar-refractivity contribution in [1.82, 2.24) is 4.90 Å². The number of hydrogen-bond donors (Lipinski definition) is 1. The van der Waals surface area contributed by atoms with Crippen molar-refractivity contribution in [2.75, 3.05) is 18.4 Å². The van der Waals surface area contributed by atoms with Crippen LogP contribution in [0.1, 0.15) is 33.6 Å². The molecular formula is C16H22Cl2N2O2. The smallest absolute Gasteiger partial charge is 0.410 e. The summed E-state index contributed by atoms with van der Waals surface area (Å²) in [5.74, 6) is 0. The van der Waals surface area contributed by atoms with E-state index >= 15 is 0 Å². The van der Waals surface area contributed by atoms with Crippen LogP contribution in [0.25, 0.3) is 0 Å². The third-order valence-corrected chi connectivity index (χ3v) is 4.10. The summed E-state index contributed by atoms with van der Waals surface area (Å²) in [6.07, 6.45) is 1.69. The van der Waals surface area contributed by atoms with Gasteiger partial charge >= 0.3 is 6.09 Å². The highest BCUT2D eigenvalue weighted by Crippen LogP contribution is 2.26. The van der Waals surface area contributed by atoms with E-state index in [9.17, 15) is 4.79 Å². The number of anilines is 1. The minimum Gasteiger partial charge on any atom is -0.444 e. The number of halogens is 2. The molecule has 1 heterocycles. The lowest BCUT2D eigenvalue weighted by Gasteiger charge is -2.34. The number of ether oxygens (including phenoxy) is 1. The van der Waals surface area contributed by atoms with Crippen molar-refractivity contribution in [1.29, 1.82) is 0 Å². The molecule has 122 valence electrons. The maximum atomic E-state index is 12.1. The van der Waals surface area contributed by atoms with E-state index in [1.807, 2.05) is 26.8 Å². The number of carbonyl (C=O) groups excluding carboxylic acids is 1. The predicted octanol–water partition coefficient (Wildman–Crippen LogP) is 4.80. The zero-order chi connectivity index (χ0) is 16.3. The van der Waals surface area contributed by atoms with Gasteiger partial charge in [-0.25, -0.2) is 4.79 Å². The fourth-order valence-corrected chi connectivity index (χ4v) is 2.71. The van der Waals surface area contributed by atoms with Crippen molar-refractivity contribution in [3.8, 4) is 0 Å². The van der Waals surface area contributed by atoms with Crippen LogP contribution in [0.15, 0.2) is 18.2 Å². The van der Waals surface area contributed by atoms with Crippen molar-refractivity contribution in [3.05, 3.63) is 28.2 Å². The van der Waals surface area contributed by atoms with Gasteiger partial charge in [0.2, 0.25) is 0 Å². The molecule has 0 aromatic heterocycles. The molecule has 22 heavy (non-hydrogen) atoms. The average Bonchev–Trinajstić information content (AvgIpc) is 2.41. The summed E-state index contributed by atoms with van der Waals surface area (Å²) in [5.41, 5.74) is 0.437. The van der Waals surface area contributed by atoms with Gasteiger partial charge in [-0.2, -0.15) is 0 Å². The summed E-state index contributed by atoms with van der Waals surface area (Å²) >= 11 is 11.9. The number of benzene rings is 1. The van der Waals surface area contributed by atoms with Crippen LogP contribution in [-0.2, 0) is 4.74 Å². The first-order valence-electron chi connectivity index (χ1n) is 7.44. The zero-order valence-electron chi connectivity index (χ0n) is 13.2. The third-order valence-electron chi connectivity index (χ3n) is 3.36. The molecule has 2 rings (SSSR count). The molecular weight excluding hydrogens is 323 g/mol. The second-order valence-corrected chi connectivity index (χ2v) is 7.35. The topological polar surface area (TPSA) is 41.6 Å². The number of rotatable bonds is 2. The molecule has 1 aliphatic heterocycles. The number of amides is 1. The fourth-order valence-electron chi connectivity index (χ4n) is 2.41. The molecule has 4 nitrogen and oxygen atoms in total. The Labute approximate surface area is 141 Å². The van der Waals surface area contributed by atoms with E-state index in [1.54, 1.807) is 17.0 Å². The minimum absolute atomic E-state index is 0.179. The van der Waals surface area contributed by atoms with E-state index in [0.717, 1.165) is 25.1 Å². The van der Waals surface area contributed by atoms with E-state index < -0.39 is 5.60 Å². The van der Waals surface area contributed by atoms with Crippen LogP contribution in [0.4, 0.5) is 10.5 Å². The summed E-state index contributed by atoms with van der Waals surface area (Å²) in [6, 6.07) is 5.64. The van der Waals surface area contributed by atoms with Gasteiger partial charge in [-0.15, -0.1) is 0 Å². The number of likely N-dealkylation sites (tertiary alicyclic amines) is 1. The minimum atomic E-state index is -0.471. The predicted molar refractivity (Wildman–Crippen MR) is 90.9 cm³/mol. The lowest BCUT2D eigenvalue weighted by Crippen LogP contribution is -2.46. The molecule has 0 bridgehead atoms. The van der Waals surface area contributed by atoms with Gasteiger partial charge in [0.1, 0.15) is 5.60 Å². The van der Waals surface area contributed by atoms with Crippen LogP contribution in [-0.4, -0.2) is 35.7 Å². The molecule has 1 N–H and O–H groups in total. The van der Waals surface area contributed by atoms with Crippen LogP contribution >= 0.6 is 23.2 Å². The Morgan fingerprint density at radius 3 is 2.68 bits per heavy atom. The van der Waals surface area contributed by atoms with E-state index in [0.29, 0.717) is 16.6 Å². The number of carbonyl (C=O) groups is 1. The molecule has 1 atom stereocenters. The van der Waals surface area contributed by atoms with Crippen molar-refractivity contribution >= 4 is 35.0 Å². The summed E-state index contributed by atoms with van der Waals surface area (Å²) in [7, 11) is 0. The first-order chi connectivity index (χ1) is 10.2. The number of nitrogens with one attached hydrogen (secondary N) is 1.